The molecule has 1 aromatic heterocycles. The van der Waals surface area contributed by atoms with Crippen LogP contribution in [0.25, 0.3) is 5.69 Å². The maximum Gasteiger partial charge on any atom is 0.410 e. The summed E-state index contributed by atoms with van der Waals surface area (Å²) in [4.78, 5) is 20.3. The minimum Gasteiger partial charge on any atom is -0.444 e. The van der Waals surface area contributed by atoms with E-state index in [0.29, 0.717) is 18.8 Å². The average Bonchev–Trinajstić information content (AvgIpc) is 3.08. The molecule has 0 radical (unpaired) electrons. The van der Waals surface area contributed by atoms with Crippen LogP contribution in [0.1, 0.15) is 20.8 Å². The van der Waals surface area contributed by atoms with E-state index in [2.05, 4.69) is 9.88 Å². The molecule has 1 amide bonds. The van der Waals surface area contributed by atoms with Crippen molar-refractivity contribution in [1.29, 1.82) is 0 Å². The highest BCUT2D eigenvalue weighted by Crippen LogP contribution is 2.28. The van der Waals surface area contributed by atoms with Crippen molar-refractivity contribution in [2.75, 3.05) is 36.8 Å². The highest BCUT2D eigenvalue weighted by atomic mass is 16.6. The molecule has 7 nitrogen and oxygen atoms in total. The zero-order valence-corrected chi connectivity index (χ0v) is 15.0. The number of imidazole rings is 1. The third-order valence-corrected chi connectivity index (χ3v) is 4.05. The smallest absolute Gasteiger partial charge is 0.410 e. The lowest BCUT2D eigenvalue weighted by molar-refractivity contribution is 0.0240. The van der Waals surface area contributed by atoms with Gasteiger partial charge in [-0.2, -0.15) is 0 Å². The fourth-order valence-corrected chi connectivity index (χ4v) is 2.87. The van der Waals surface area contributed by atoms with Crippen molar-refractivity contribution in [3.63, 3.8) is 0 Å². The summed E-state index contributed by atoms with van der Waals surface area (Å²) >= 11 is 0. The molecular formula is C18H25N5O2. The number of ether oxygens (including phenoxy) is 1. The highest BCUT2D eigenvalue weighted by Gasteiger charge is 2.26. The van der Waals surface area contributed by atoms with Crippen molar-refractivity contribution in [2.24, 2.45) is 0 Å². The number of hydrogen-bond acceptors (Lipinski definition) is 5. The summed E-state index contributed by atoms with van der Waals surface area (Å²) < 4.78 is 7.41. The van der Waals surface area contributed by atoms with Crippen LogP contribution in [0.2, 0.25) is 0 Å². The Morgan fingerprint density at radius 1 is 1.16 bits per heavy atom. The summed E-state index contributed by atoms with van der Waals surface area (Å²) in [6, 6.07) is 5.86. The van der Waals surface area contributed by atoms with Gasteiger partial charge in [-0.3, -0.25) is 0 Å². The third kappa shape index (κ3) is 4.04. The lowest BCUT2D eigenvalue weighted by Gasteiger charge is -2.37. The van der Waals surface area contributed by atoms with Gasteiger partial charge in [-0.25, -0.2) is 9.78 Å². The number of aromatic nitrogens is 2. The molecule has 2 aromatic rings. The van der Waals surface area contributed by atoms with E-state index >= 15 is 0 Å². The van der Waals surface area contributed by atoms with Gasteiger partial charge in [0.25, 0.3) is 0 Å². The van der Waals surface area contributed by atoms with E-state index < -0.39 is 5.60 Å². The van der Waals surface area contributed by atoms with E-state index in [0.717, 1.165) is 24.5 Å². The van der Waals surface area contributed by atoms with Crippen LogP contribution >= 0.6 is 0 Å². The fourth-order valence-electron chi connectivity index (χ4n) is 2.87. The van der Waals surface area contributed by atoms with E-state index in [1.807, 2.05) is 49.7 Å². The molecule has 1 aromatic carbocycles. The first-order valence-electron chi connectivity index (χ1n) is 8.44. The minimum absolute atomic E-state index is 0.251. The Balaban J connectivity index is 1.73. The van der Waals surface area contributed by atoms with Gasteiger partial charge in [0.2, 0.25) is 0 Å². The summed E-state index contributed by atoms with van der Waals surface area (Å²) in [7, 11) is 0. The number of carbonyl (C=O) groups is 1. The van der Waals surface area contributed by atoms with Crippen LogP contribution in [0, 0.1) is 0 Å². The second-order valence-electron chi connectivity index (χ2n) is 7.17. The highest BCUT2D eigenvalue weighted by molar-refractivity contribution is 5.70. The molecule has 0 unspecified atom stereocenters. The number of rotatable bonds is 2. The monoisotopic (exact) mass is 343 g/mol. The average molecular weight is 343 g/mol. The van der Waals surface area contributed by atoms with E-state index in [1.165, 1.54) is 0 Å². The van der Waals surface area contributed by atoms with E-state index in [4.69, 9.17) is 10.5 Å². The first-order valence-corrected chi connectivity index (χ1v) is 8.44. The number of hydrogen-bond donors (Lipinski definition) is 1. The largest absolute Gasteiger partial charge is 0.444 e. The molecule has 0 atom stereocenters. The molecule has 0 spiro atoms. The molecule has 3 rings (SSSR count). The summed E-state index contributed by atoms with van der Waals surface area (Å²) in [5, 5.41) is 0. The SMILES string of the molecule is CC(C)(C)OC(=O)N1CCN(c2ccc(N)cc2-n2ccnc2)CC1. The van der Waals surface area contributed by atoms with E-state index in [1.54, 1.807) is 17.4 Å². The summed E-state index contributed by atoms with van der Waals surface area (Å²) in [6.07, 6.45) is 5.15. The van der Waals surface area contributed by atoms with Crippen molar-refractivity contribution in [3.05, 3.63) is 36.9 Å². The number of nitrogens with zero attached hydrogens (tertiary/aromatic N) is 4. The summed E-state index contributed by atoms with van der Waals surface area (Å²) in [5.41, 5.74) is 8.27. The van der Waals surface area contributed by atoms with Gasteiger partial charge >= 0.3 is 6.09 Å². The number of carbonyl (C=O) groups excluding carboxylic acids is 1. The van der Waals surface area contributed by atoms with Crippen LogP contribution < -0.4 is 10.6 Å². The molecule has 2 N–H and O–H groups in total. The second kappa shape index (κ2) is 6.66. The molecular weight excluding hydrogens is 318 g/mol. The Labute approximate surface area is 148 Å². The lowest BCUT2D eigenvalue weighted by Crippen LogP contribution is -2.50. The fraction of sp³-hybridized carbons (Fsp3) is 0.444. The van der Waals surface area contributed by atoms with Gasteiger partial charge < -0.3 is 24.8 Å². The first kappa shape index (κ1) is 17.1. The Hall–Kier alpha value is -2.70. The molecule has 1 fully saturated rings. The quantitative estimate of drug-likeness (QED) is 0.848. The topological polar surface area (TPSA) is 76.6 Å². The Bertz CT molecular complexity index is 728. The van der Waals surface area contributed by atoms with Gasteiger partial charge in [0, 0.05) is 44.3 Å². The molecule has 0 saturated carbocycles. The molecule has 2 heterocycles. The standard InChI is InChI=1S/C18H25N5O2/c1-18(2,3)25-17(24)22-10-8-21(9-11-22)15-5-4-14(19)12-16(15)23-7-6-20-13-23/h4-7,12-13H,8-11,19H2,1-3H3. The maximum atomic E-state index is 12.2. The van der Waals surface area contributed by atoms with Gasteiger partial charge in [-0.15, -0.1) is 0 Å². The number of benzene rings is 1. The van der Waals surface area contributed by atoms with Gasteiger partial charge in [0.05, 0.1) is 17.7 Å². The van der Waals surface area contributed by atoms with Crippen LogP contribution in [-0.4, -0.2) is 52.3 Å². The van der Waals surface area contributed by atoms with Crippen molar-refractivity contribution >= 4 is 17.5 Å². The Morgan fingerprint density at radius 3 is 2.48 bits per heavy atom. The molecule has 1 saturated heterocycles. The van der Waals surface area contributed by atoms with E-state index in [-0.39, 0.29) is 6.09 Å². The summed E-state index contributed by atoms with van der Waals surface area (Å²) in [6.45, 7) is 8.38. The van der Waals surface area contributed by atoms with Gasteiger partial charge in [-0.1, -0.05) is 0 Å². The summed E-state index contributed by atoms with van der Waals surface area (Å²) in [5.74, 6) is 0. The normalized spacial score (nSPS) is 15.3. The predicted octanol–water partition coefficient (Wildman–Crippen LogP) is 2.51. The molecule has 0 aliphatic carbocycles. The van der Waals surface area contributed by atoms with Gasteiger partial charge in [0.15, 0.2) is 0 Å². The number of nitrogens with two attached hydrogens (primary N) is 1. The molecule has 7 heteroatoms. The zero-order chi connectivity index (χ0) is 18.0. The van der Waals surface area contributed by atoms with Crippen LogP contribution in [0.3, 0.4) is 0 Å². The molecule has 134 valence electrons. The zero-order valence-electron chi connectivity index (χ0n) is 15.0. The van der Waals surface area contributed by atoms with Crippen molar-refractivity contribution in [2.45, 2.75) is 26.4 Å². The van der Waals surface area contributed by atoms with Crippen LogP contribution in [0.4, 0.5) is 16.2 Å². The number of piperazine rings is 1. The Kier molecular flexibility index (Phi) is 4.57. The van der Waals surface area contributed by atoms with Crippen molar-refractivity contribution in [3.8, 4) is 5.69 Å². The molecule has 1 aliphatic rings. The molecule has 0 bridgehead atoms. The van der Waals surface area contributed by atoms with Crippen LogP contribution in [0.5, 0.6) is 0 Å². The predicted molar refractivity (Wildman–Crippen MR) is 98.0 cm³/mol. The number of anilines is 2. The lowest BCUT2D eigenvalue weighted by atomic mass is 10.2. The maximum absolute atomic E-state index is 12.2. The number of nitrogen functional groups attached to an aromatic ring is 1. The molecule has 25 heavy (non-hydrogen) atoms. The van der Waals surface area contributed by atoms with E-state index in [9.17, 15) is 4.79 Å². The molecule has 1 aliphatic heterocycles. The minimum atomic E-state index is -0.472. The van der Waals surface area contributed by atoms with Gasteiger partial charge in [0.1, 0.15) is 5.60 Å². The first-order chi connectivity index (χ1) is 11.8. The number of amides is 1. The Morgan fingerprint density at radius 2 is 1.88 bits per heavy atom. The second-order valence-corrected chi connectivity index (χ2v) is 7.17. The van der Waals surface area contributed by atoms with Crippen LogP contribution in [0.15, 0.2) is 36.9 Å². The van der Waals surface area contributed by atoms with Crippen molar-refractivity contribution < 1.29 is 9.53 Å². The van der Waals surface area contributed by atoms with Crippen LogP contribution in [-0.2, 0) is 4.74 Å². The third-order valence-electron chi connectivity index (χ3n) is 4.05. The van der Waals surface area contributed by atoms with Crippen molar-refractivity contribution in [1.82, 2.24) is 14.5 Å². The van der Waals surface area contributed by atoms with Gasteiger partial charge in [-0.05, 0) is 39.0 Å².